The summed E-state index contributed by atoms with van der Waals surface area (Å²) in [5, 5.41) is 0.439. The lowest BCUT2D eigenvalue weighted by molar-refractivity contribution is -0.178. The Morgan fingerprint density at radius 3 is 2.62 bits per heavy atom. The summed E-state index contributed by atoms with van der Waals surface area (Å²) in [5.74, 6) is 5.22. The first-order valence-corrected chi connectivity index (χ1v) is 21.7. The van der Waals surface area contributed by atoms with E-state index in [1.807, 2.05) is 32.2 Å². The van der Waals surface area contributed by atoms with Crippen molar-refractivity contribution in [2.24, 2.45) is 17.8 Å². The van der Waals surface area contributed by atoms with Gasteiger partial charge in [0.15, 0.2) is 0 Å². The summed E-state index contributed by atoms with van der Waals surface area (Å²) in [6.45, 7) is 9.94. The molecule has 2 aliphatic carbocycles. The maximum absolute atomic E-state index is 14.0. The maximum Gasteiger partial charge on any atom is 0.262 e. The van der Waals surface area contributed by atoms with Crippen LogP contribution in [0, 0.1) is 17.8 Å². The summed E-state index contributed by atoms with van der Waals surface area (Å²) in [7, 11) is -1.06. The van der Waals surface area contributed by atoms with Crippen LogP contribution in [0.25, 0.3) is 0 Å². The number of ether oxygens (including phenoxy) is 3. The fourth-order valence-electron chi connectivity index (χ4n) is 10.2. The highest BCUT2D eigenvalue weighted by Crippen LogP contribution is 2.50. The lowest BCUT2D eigenvalue weighted by Crippen LogP contribution is -2.59. The number of fused-ring (bicyclic) bond motifs is 4. The SMILES string of the molecule is C=S1(=O)NC(=O)c2ccc3c(c2)N(C[C@@H]2CC[C@H]2[C@@](CN2CCC4(CCO4)CC2)(OC)/C=C/C[C@H](C)[C@H]1C)C[C@@]1(CCCc2cc(Cl)ccc21)CO3. The fraction of sp³-hybridized carbons (Fsp3) is 0.619. The average Bonchev–Trinajstić information content (AvgIpc) is 3.25. The van der Waals surface area contributed by atoms with Crippen molar-refractivity contribution >= 4 is 38.8 Å². The molecule has 4 heterocycles. The zero-order valence-electron chi connectivity index (χ0n) is 31.2. The Morgan fingerprint density at radius 1 is 1.10 bits per heavy atom. The Morgan fingerprint density at radius 2 is 1.90 bits per heavy atom. The van der Waals surface area contributed by atoms with E-state index in [0.717, 1.165) is 107 Å². The van der Waals surface area contributed by atoms with E-state index in [0.29, 0.717) is 24.0 Å². The molecule has 2 bridgehead atoms. The molecule has 1 unspecified atom stereocenters. The van der Waals surface area contributed by atoms with E-state index in [2.05, 4.69) is 51.6 Å². The normalized spacial score (nSPS) is 36.7. The number of anilines is 1. The molecule has 1 saturated carbocycles. The zero-order chi connectivity index (χ0) is 36.3. The number of nitrogens with zero attached hydrogens (tertiary/aromatic N) is 2. The lowest BCUT2D eigenvalue weighted by Gasteiger charge is -2.53. The van der Waals surface area contributed by atoms with Crippen LogP contribution >= 0.6 is 11.6 Å². The third-order valence-electron chi connectivity index (χ3n) is 14.0. The molecule has 2 saturated heterocycles. The quantitative estimate of drug-likeness (QED) is 0.273. The van der Waals surface area contributed by atoms with Crippen LogP contribution in [0.3, 0.4) is 0 Å². The van der Waals surface area contributed by atoms with Gasteiger partial charge < -0.3 is 19.1 Å². The highest BCUT2D eigenvalue weighted by Gasteiger charge is 2.51. The van der Waals surface area contributed by atoms with Gasteiger partial charge in [0.2, 0.25) is 0 Å². The van der Waals surface area contributed by atoms with Crippen molar-refractivity contribution < 1.29 is 23.2 Å². The Hall–Kier alpha value is -2.56. The predicted octanol–water partition coefficient (Wildman–Crippen LogP) is 6.83. The molecule has 3 fully saturated rings. The van der Waals surface area contributed by atoms with E-state index >= 15 is 0 Å². The molecule has 52 heavy (non-hydrogen) atoms. The second-order valence-corrected chi connectivity index (χ2v) is 19.8. The van der Waals surface area contributed by atoms with Crippen molar-refractivity contribution in [3.05, 3.63) is 70.3 Å². The van der Waals surface area contributed by atoms with Gasteiger partial charge in [-0.25, -0.2) is 4.21 Å². The van der Waals surface area contributed by atoms with E-state index in [4.69, 9.17) is 25.8 Å². The van der Waals surface area contributed by atoms with Crippen LogP contribution in [0.4, 0.5) is 5.69 Å². The number of nitrogens with one attached hydrogen (secondary N) is 1. The molecule has 7 atom stereocenters. The minimum absolute atomic E-state index is 0.0344. The number of piperidine rings is 1. The first-order chi connectivity index (χ1) is 24.9. The largest absolute Gasteiger partial charge is 0.490 e. The minimum Gasteiger partial charge on any atom is -0.490 e. The molecule has 2 spiro atoms. The van der Waals surface area contributed by atoms with Crippen molar-refractivity contribution in [2.45, 2.75) is 93.5 Å². The van der Waals surface area contributed by atoms with Gasteiger partial charge in [-0.15, -0.1) is 0 Å². The second kappa shape index (κ2) is 13.9. The number of halogens is 1. The summed E-state index contributed by atoms with van der Waals surface area (Å²) in [6, 6.07) is 12.0. The molecule has 282 valence electrons. The van der Waals surface area contributed by atoms with E-state index < -0.39 is 15.3 Å². The van der Waals surface area contributed by atoms with Gasteiger partial charge in [-0.3, -0.25) is 14.4 Å². The topological polar surface area (TPSA) is 80.3 Å². The molecule has 2 aromatic carbocycles. The van der Waals surface area contributed by atoms with E-state index in [1.54, 1.807) is 6.07 Å². The van der Waals surface area contributed by atoms with E-state index in [1.165, 1.54) is 17.5 Å². The molecule has 0 aromatic heterocycles. The van der Waals surface area contributed by atoms with Crippen LogP contribution in [0.15, 0.2) is 48.6 Å². The van der Waals surface area contributed by atoms with Crippen molar-refractivity contribution in [3.8, 4) is 5.75 Å². The van der Waals surface area contributed by atoms with Gasteiger partial charge >= 0.3 is 0 Å². The summed E-state index contributed by atoms with van der Waals surface area (Å²) in [6.07, 6.45) is 13.9. The molecule has 0 radical (unpaired) electrons. The Balaban J connectivity index is 1.18. The summed E-state index contributed by atoms with van der Waals surface area (Å²) < 4.78 is 36.4. The third-order valence-corrected chi connectivity index (χ3v) is 16.4. The van der Waals surface area contributed by atoms with Crippen LogP contribution in [0.5, 0.6) is 5.75 Å². The van der Waals surface area contributed by atoms with Crippen molar-refractivity contribution in [2.75, 3.05) is 57.9 Å². The Labute approximate surface area is 315 Å². The van der Waals surface area contributed by atoms with Crippen LogP contribution in [0.2, 0.25) is 5.02 Å². The summed E-state index contributed by atoms with van der Waals surface area (Å²) >= 11 is 6.52. The maximum atomic E-state index is 14.0. The average molecular weight is 750 g/mol. The van der Waals surface area contributed by atoms with Gasteiger partial charge in [0.1, 0.15) is 11.4 Å². The highest BCUT2D eigenvalue weighted by molar-refractivity contribution is 7.99. The van der Waals surface area contributed by atoms with Gasteiger partial charge in [-0.2, -0.15) is 0 Å². The lowest BCUT2D eigenvalue weighted by atomic mass is 9.63. The molecule has 8 nitrogen and oxygen atoms in total. The van der Waals surface area contributed by atoms with Gasteiger partial charge in [0.25, 0.3) is 5.91 Å². The summed E-state index contributed by atoms with van der Waals surface area (Å²) in [5.41, 5.74) is 3.41. The van der Waals surface area contributed by atoms with E-state index in [-0.39, 0.29) is 28.1 Å². The molecule has 4 aliphatic heterocycles. The number of carbonyl (C=O) groups is 1. The van der Waals surface area contributed by atoms with Crippen LogP contribution in [-0.2, 0) is 31.0 Å². The molecule has 1 amide bonds. The molecule has 6 aliphatic rings. The number of methoxy groups -OCH3 is 1. The minimum atomic E-state index is -2.95. The molecular formula is C42H56ClN3O5S. The first kappa shape index (κ1) is 36.4. The number of aryl methyl sites for hydroxylation is 1. The Bertz CT molecular complexity index is 1820. The second-order valence-electron chi connectivity index (χ2n) is 16.9. The van der Waals surface area contributed by atoms with Crippen LogP contribution in [-0.4, -0.2) is 90.4 Å². The van der Waals surface area contributed by atoms with Gasteiger partial charge in [-0.05, 0) is 130 Å². The van der Waals surface area contributed by atoms with Gasteiger partial charge in [0, 0.05) is 61.1 Å². The number of likely N-dealkylation sites (tertiary alicyclic amines) is 1. The summed E-state index contributed by atoms with van der Waals surface area (Å²) in [4.78, 5) is 18.9. The highest BCUT2D eigenvalue weighted by atomic mass is 35.5. The Kier molecular flexibility index (Phi) is 9.76. The van der Waals surface area contributed by atoms with Crippen molar-refractivity contribution in [3.63, 3.8) is 0 Å². The van der Waals surface area contributed by atoms with Crippen LogP contribution in [0.1, 0.15) is 86.7 Å². The number of benzene rings is 2. The van der Waals surface area contributed by atoms with Gasteiger partial charge in [-0.1, -0.05) is 36.7 Å². The van der Waals surface area contributed by atoms with Crippen molar-refractivity contribution in [1.29, 1.82) is 0 Å². The number of rotatable bonds is 3. The monoisotopic (exact) mass is 749 g/mol. The number of hydrogen-bond donors (Lipinski definition) is 1. The smallest absolute Gasteiger partial charge is 0.262 e. The molecule has 10 heteroatoms. The molecule has 2 aromatic rings. The number of carbonyl (C=O) groups excluding carboxylic acids is 1. The number of amides is 1. The van der Waals surface area contributed by atoms with E-state index in [9.17, 15) is 9.00 Å². The standard InChI is InChI=1S/C42H56ClN3O5S/c1-29-7-5-16-42(49-3,27-45-20-17-41(18-21-45)19-22-51-41)36-12-9-33(36)25-46-26-40(15-6-8-31-23-34(43)11-13-35(31)40)28-50-38-14-10-32(24-37(38)46)39(47)44-52(4,48)30(29)2/h5,10-11,13-14,16,23-24,29-30,33,36H,4,6-9,12,15,17-22,25-28H2,1-3H3,(H,44,47,48)/b16-5+/t29-,30+,33-,36+,40-,42+,52?/m0/s1. The molecule has 1 N–H and O–H groups in total. The van der Waals surface area contributed by atoms with Crippen LogP contribution < -0.4 is 14.4 Å². The number of hydrogen-bond acceptors (Lipinski definition) is 7. The number of allylic oxidation sites excluding steroid dienone is 1. The first-order valence-electron chi connectivity index (χ1n) is 19.5. The fourth-order valence-corrected chi connectivity index (χ4v) is 11.8. The molecular weight excluding hydrogens is 694 g/mol. The van der Waals surface area contributed by atoms with Gasteiger partial charge in [0.05, 0.1) is 34.2 Å². The van der Waals surface area contributed by atoms with Crippen molar-refractivity contribution in [1.82, 2.24) is 9.62 Å². The third kappa shape index (κ3) is 6.61. The predicted molar refractivity (Wildman–Crippen MR) is 210 cm³/mol. The molecule has 8 rings (SSSR count). The zero-order valence-corrected chi connectivity index (χ0v) is 32.7.